The second-order valence-electron chi connectivity index (χ2n) is 7.20. The first-order valence-electron chi connectivity index (χ1n) is 10.1. The van der Waals surface area contributed by atoms with Crippen molar-refractivity contribution in [3.05, 3.63) is 54.2 Å². The van der Waals surface area contributed by atoms with Gasteiger partial charge in [-0.05, 0) is 55.8 Å². The molecule has 3 aromatic rings. The molecule has 7 nitrogen and oxygen atoms in total. The number of carbonyl (C=O) groups excluding carboxylic acids is 2. The molecule has 1 N–H and O–H groups in total. The van der Waals surface area contributed by atoms with Crippen LogP contribution >= 0.6 is 0 Å². The summed E-state index contributed by atoms with van der Waals surface area (Å²) < 4.78 is 12.6. The van der Waals surface area contributed by atoms with E-state index in [9.17, 15) is 9.59 Å². The van der Waals surface area contributed by atoms with Gasteiger partial charge in [-0.1, -0.05) is 6.07 Å². The quantitative estimate of drug-likeness (QED) is 0.651. The van der Waals surface area contributed by atoms with Crippen LogP contribution in [0.15, 0.2) is 48.7 Å². The van der Waals surface area contributed by atoms with Crippen LogP contribution in [0.25, 0.3) is 10.9 Å². The molecule has 1 aliphatic rings. The molecular weight excluding hydrogens is 382 g/mol. The molecule has 0 aliphatic carbocycles. The van der Waals surface area contributed by atoms with Gasteiger partial charge in [0.05, 0.1) is 6.42 Å². The summed E-state index contributed by atoms with van der Waals surface area (Å²) in [6.45, 7) is 5.88. The summed E-state index contributed by atoms with van der Waals surface area (Å²) in [6, 6.07) is 13.2. The lowest BCUT2D eigenvalue weighted by atomic mass is 10.1. The zero-order chi connectivity index (χ0) is 21.1. The molecular formula is C23H25N3O4. The van der Waals surface area contributed by atoms with E-state index < -0.39 is 0 Å². The second kappa shape index (κ2) is 8.49. The summed E-state index contributed by atoms with van der Waals surface area (Å²) >= 11 is 0. The van der Waals surface area contributed by atoms with Gasteiger partial charge in [0.2, 0.25) is 18.6 Å². The van der Waals surface area contributed by atoms with E-state index in [0.29, 0.717) is 31.1 Å². The SMILES string of the molecule is CCN(CC)C(=O)Cn1ccc2cc(NC(=O)Cc3ccc4c(c3)OCO4)ccc21. The lowest BCUT2D eigenvalue weighted by Crippen LogP contribution is -2.33. The van der Waals surface area contributed by atoms with E-state index in [1.54, 1.807) is 0 Å². The van der Waals surface area contributed by atoms with Crippen LogP contribution < -0.4 is 14.8 Å². The van der Waals surface area contributed by atoms with Crippen LogP contribution in [0, 0.1) is 0 Å². The Kier molecular flexibility index (Phi) is 5.61. The van der Waals surface area contributed by atoms with Gasteiger partial charge in [0.1, 0.15) is 6.54 Å². The van der Waals surface area contributed by atoms with Gasteiger partial charge in [0.15, 0.2) is 11.5 Å². The molecule has 2 aromatic carbocycles. The lowest BCUT2D eigenvalue weighted by molar-refractivity contribution is -0.131. The van der Waals surface area contributed by atoms with E-state index in [4.69, 9.17) is 9.47 Å². The molecule has 156 valence electrons. The molecule has 2 heterocycles. The molecule has 0 unspecified atom stereocenters. The number of fused-ring (bicyclic) bond motifs is 2. The number of ether oxygens (including phenoxy) is 2. The Balaban J connectivity index is 1.42. The number of carbonyl (C=O) groups is 2. The summed E-state index contributed by atoms with van der Waals surface area (Å²) in [7, 11) is 0. The van der Waals surface area contributed by atoms with Gasteiger partial charge in [-0.2, -0.15) is 0 Å². The van der Waals surface area contributed by atoms with Crippen molar-refractivity contribution in [2.24, 2.45) is 0 Å². The fourth-order valence-corrected chi connectivity index (χ4v) is 3.68. The number of aromatic nitrogens is 1. The van der Waals surface area contributed by atoms with E-state index in [1.165, 1.54) is 0 Å². The molecule has 0 atom stereocenters. The Labute approximate surface area is 175 Å². The third-order valence-corrected chi connectivity index (χ3v) is 5.28. The number of hydrogen-bond acceptors (Lipinski definition) is 4. The number of likely N-dealkylation sites (N-methyl/N-ethyl adjacent to an activating group) is 1. The van der Waals surface area contributed by atoms with Crippen molar-refractivity contribution < 1.29 is 19.1 Å². The average Bonchev–Trinajstić information content (AvgIpc) is 3.35. The fraction of sp³-hybridized carbons (Fsp3) is 0.304. The van der Waals surface area contributed by atoms with Crippen LogP contribution in [0.3, 0.4) is 0 Å². The van der Waals surface area contributed by atoms with E-state index >= 15 is 0 Å². The molecule has 0 spiro atoms. The van der Waals surface area contributed by atoms with E-state index in [0.717, 1.165) is 22.2 Å². The highest BCUT2D eigenvalue weighted by atomic mass is 16.7. The van der Waals surface area contributed by atoms with Gasteiger partial charge < -0.3 is 24.3 Å². The molecule has 0 saturated heterocycles. The van der Waals surface area contributed by atoms with Crippen molar-refractivity contribution in [2.75, 3.05) is 25.2 Å². The number of amides is 2. The average molecular weight is 407 g/mol. The van der Waals surface area contributed by atoms with E-state index in [2.05, 4.69) is 5.32 Å². The number of nitrogens with zero attached hydrogens (tertiary/aromatic N) is 2. The van der Waals surface area contributed by atoms with Crippen LogP contribution in [0.4, 0.5) is 5.69 Å². The van der Waals surface area contributed by atoms with Gasteiger partial charge in [-0.15, -0.1) is 0 Å². The topological polar surface area (TPSA) is 72.8 Å². The first-order chi connectivity index (χ1) is 14.6. The molecule has 0 saturated carbocycles. The second-order valence-corrected chi connectivity index (χ2v) is 7.20. The highest BCUT2D eigenvalue weighted by Gasteiger charge is 2.15. The molecule has 0 fully saturated rings. The third-order valence-electron chi connectivity index (χ3n) is 5.28. The largest absolute Gasteiger partial charge is 0.454 e. The van der Waals surface area contributed by atoms with Gasteiger partial charge in [-0.25, -0.2) is 0 Å². The van der Waals surface area contributed by atoms with Gasteiger partial charge in [0, 0.05) is 35.9 Å². The maximum absolute atomic E-state index is 12.5. The minimum atomic E-state index is -0.107. The Morgan fingerprint density at radius 1 is 1.03 bits per heavy atom. The van der Waals surface area contributed by atoms with Crippen LogP contribution in [-0.4, -0.2) is 41.2 Å². The Morgan fingerprint density at radius 2 is 1.83 bits per heavy atom. The maximum atomic E-state index is 12.5. The molecule has 7 heteroatoms. The standard InChI is InChI=1S/C23H25N3O4/c1-3-25(4-2)23(28)14-26-10-9-17-13-18(6-7-19(17)26)24-22(27)12-16-5-8-20-21(11-16)30-15-29-20/h5-11,13H,3-4,12,14-15H2,1-2H3,(H,24,27). The number of anilines is 1. The van der Waals surface area contributed by atoms with Crippen molar-refractivity contribution in [3.8, 4) is 11.5 Å². The predicted octanol–water partition coefficient (Wildman–Crippen LogP) is 3.42. The Hall–Kier alpha value is -3.48. The van der Waals surface area contributed by atoms with Crippen molar-refractivity contribution in [1.82, 2.24) is 9.47 Å². The van der Waals surface area contributed by atoms with Gasteiger partial charge in [0.25, 0.3) is 0 Å². The summed E-state index contributed by atoms with van der Waals surface area (Å²) in [4.78, 5) is 26.7. The summed E-state index contributed by atoms with van der Waals surface area (Å²) in [5.41, 5.74) is 2.55. The van der Waals surface area contributed by atoms with Crippen LogP contribution in [-0.2, 0) is 22.6 Å². The zero-order valence-electron chi connectivity index (χ0n) is 17.2. The fourth-order valence-electron chi connectivity index (χ4n) is 3.68. The lowest BCUT2D eigenvalue weighted by Gasteiger charge is -2.19. The van der Waals surface area contributed by atoms with Crippen LogP contribution in [0.5, 0.6) is 11.5 Å². The molecule has 1 aliphatic heterocycles. The highest BCUT2D eigenvalue weighted by molar-refractivity contribution is 5.95. The number of nitrogens with one attached hydrogen (secondary N) is 1. The smallest absolute Gasteiger partial charge is 0.242 e. The van der Waals surface area contributed by atoms with Crippen molar-refractivity contribution in [1.29, 1.82) is 0 Å². The van der Waals surface area contributed by atoms with E-state index in [-0.39, 0.29) is 25.0 Å². The van der Waals surface area contributed by atoms with Crippen molar-refractivity contribution >= 4 is 28.4 Å². The van der Waals surface area contributed by atoms with Crippen LogP contribution in [0.2, 0.25) is 0 Å². The molecule has 4 rings (SSSR count). The summed E-state index contributed by atoms with van der Waals surface area (Å²) in [5, 5.41) is 3.92. The van der Waals surface area contributed by atoms with Crippen LogP contribution in [0.1, 0.15) is 19.4 Å². The summed E-state index contributed by atoms with van der Waals surface area (Å²) in [5.74, 6) is 1.36. The Bertz CT molecular complexity index is 1090. The van der Waals surface area contributed by atoms with Gasteiger partial charge >= 0.3 is 0 Å². The first-order valence-corrected chi connectivity index (χ1v) is 10.1. The number of hydrogen-bond donors (Lipinski definition) is 1. The third kappa shape index (κ3) is 4.10. The van der Waals surface area contributed by atoms with Gasteiger partial charge in [-0.3, -0.25) is 9.59 Å². The molecule has 2 amide bonds. The number of rotatable bonds is 7. The maximum Gasteiger partial charge on any atom is 0.242 e. The zero-order valence-corrected chi connectivity index (χ0v) is 17.2. The molecule has 30 heavy (non-hydrogen) atoms. The molecule has 0 radical (unpaired) electrons. The monoisotopic (exact) mass is 407 g/mol. The highest BCUT2D eigenvalue weighted by Crippen LogP contribution is 2.32. The first kappa shape index (κ1) is 19.8. The number of benzene rings is 2. The predicted molar refractivity (Wildman–Crippen MR) is 115 cm³/mol. The van der Waals surface area contributed by atoms with Crippen molar-refractivity contribution in [3.63, 3.8) is 0 Å². The molecule has 0 bridgehead atoms. The van der Waals surface area contributed by atoms with Crippen molar-refractivity contribution in [2.45, 2.75) is 26.8 Å². The Morgan fingerprint density at radius 3 is 2.63 bits per heavy atom. The van der Waals surface area contributed by atoms with E-state index in [1.807, 2.05) is 72.0 Å². The minimum absolute atomic E-state index is 0.0959. The normalized spacial score (nSPS) is 12.2. The summed E-state index contributed by atoms with van der Waals surface area (Å²) in [6.07, 6.45) is 2.15. The molecule has 1 aromatic heterocycles. The minimum Gasteiger partial charge on any atom is -0.454 e.